The number of fused-ring (bicyclic) bond motifs is 1. The molecule has 4 aromatic rings. The lowest BCUT2D eigenvalue weighted by Crippen LogP contribution is -2.30. The highest BCUT2D eigenvalue weighted by Crippen LogP contribution is 2.55. The van der Waals surface area contributed by atoms with Crippen molar-refractivity contribution >= 4 is 11.0 Å². The van der Waals surface area contributed by atoms with Crippen molar-refractivity contribution in [3.8, 4) is 0 Å². The van der Waals surface area contributed by atoms with Crippen molar-refractivity contribution in [1.29, 1.82) is 0 Å². The molecule has 0 fully saturated rings. The van der Waals surface area contributed by atoms with Crippen molar-refractivity contribution in [2.75, 3.05) is 0 Å². The molecule has 124 valence electrons. The fourth-order valence-corrected chi connectivity index (χ4v) is 4.78. The van der Waals surface area contributed by atoms with E-state index in [2.05, 4.69) is 58.5 Å². The van der Waals surface area contributed by atoms with Gasteiger partial charge in [-0.15, -0.1) is 0 Å². The van der Waals surface area contributed by atoms with Gasteiger partial charge in [-0.1, -0.05) is 48.5 Å². The van der Waals surface area contributed by atoms with E-state index in [4.69, 9.17) is 0 Å². The van der Waals surface area contributed by atoms with Crippen LogP contribution < -0.4 is 11.1 Å². The molecule has 0 unspecified atom stereocenters. The molecule has 4 nitrogen and oxygen atoms in total. The maximum Gasteiger partial charge on any atom is 0.314 e. The number of benzene rings is 3. The molecule has 0 saturated carbocycles. The van der Waals surface area contributed by atoms with Crippen molar-refractivity contribution in [2.24, 2.45) is 0 Å². The monoisotopic (exact) mass is 338 g/mol. The van der Waals surface area contributed by atoms with E-state index < -0.39 is 11.1 Å². The van der Waals surface area contributed by atoms with E-state index in [9.17, 15) is 9.59 Å². The zero-order valence-corrected chi connectivity index (χ0v) is 13.7. The molecule has 0 amide bonds. The molecule has 3 aromatic carbocycles. The van der Waals surface area contributed by atoms with Crippen LogP contribution in [0.15, 0.2) is 70.3 Å². The Kier molecular flexibility index (Phi) is 2.45. The van der Waals surface area contributed by atoms with E-state index in [1.807, 2.05) is 12.1 Å². The van der Waals surface area contributed by atoms with Crippen LogP contribution in [0.1, 0.15) is 45.2 Å². The van der Waals surface area contributed by atoms with Gasteiger partial charge in [0.15, 0.2) is 0 Å². The van der Waals surface area contributed by atoms with Gasteiger partial charge in [-0.05, 0) is 45.5 Å². The zero-order chi connectivity index (χ0) is 17.4. The third-order valence-electron chi connectivity index (χ3n) is 5.78. The Labute approximate surface area is 148 Å². The minimum Gasteiger partial charge on any atom is -0.316 e. The number of aromatic nitrogens is 2. The molecule has 4 heteroatoms. The molecule has 0 spiro atoms. The molecule has 0 radical (unpaired) electrons. The summed E-state index contributed by atoms with van der Waals surface area (Å²) in [5.74, 6) is 0.310. The Morgan fingerprint density at radius 2 is 0.885 bits per heavy atom. The number of H-pyrrole nitrogens is 2. The lowest BCUT2D eigenvalue weighted by Gasteiger charge is -2.42. The standard InChI is InChI=1S/C22H14N2O2/c25-21-22(26)24-18-10-16-15(9-17(18)23-21)19-11-5-1-2-6-12(11)20(16)14-8-4-3-7-13(14)19/h1-10,19-20H,(H,23,25)(H,24,26). The Morgan fingerprint density at radius 1 is 0.538 bits per heavy atom. The lowest BCUT2D eigenvalue weighted by atomic mass is 9.61. The van der Waals surface area contributed by atoms with E-state index in [-0.39, 0.29) is 11.8 Å². The molecule has 2 N–H and O–H groups in total. The summed E-state index contributed by atoms with van der Waals surface area (Å²) >= 11 is 0. The number of hydrogen-bond donors (Lipinski definition) is 2. The Morgan fingerprint density at radius 3 is 1.23 bits per heavy atom. The number of nitrogens with one attached hydrogen (secondary N) is 2. The van der Waals surface area contributed by atoms with Crippen LogP contribution in [0.5, 0.6) is 0 Å². The maximum absolute atomic E-state index is 11.8. The van der Waals surface area contributed by atoms with Gasteiger partial charge in [0, 0.05) is 11.8 Å². The van der Waals surface area contributed by atoms with Crippen LogP contribution in [0.2, 0.25) is 0 Å². The molecule has 0 saturated heterocycles. The number of rotatable bonds is 0. The summed E-state index contributed by atoms with van der Waals surface area (Å²) < 4.78 is 0. The largest absolute Gasteiger partial charge is 0.316 e. The van der Waals surface area contributed by atoms with Crippen LogP contribution in [0.3, 0.4) is 0 Å². The van der Waals surface area contributed by atoms with Crippen LogP contribution >= 0.6 is 0 Å². The molecular weight excluding hydrogens is 324 g/mol. The van der Waals surface area contributed by atoms with Gasteiger partial charge in [-0.3, -0.25) is 9.59 Å². The quantitative estimate of drug-likeness (QED) is 0.418. The molecule has 1 heterocycles. The molecular formula is C22H14N2O2. The highest BCUT2D eigenvalue weighted by Gasteiger charge is 2.41. The van der Waals surface area contributed by atoms with Crippen LogP contribution in [0.4, 0.5) is 0 Å². The van der Waals surface area contributed by atoms with E-state index >= 15 is 0 Å². The molecule has 26 heavy (non-hydrogen) atoms. The zero-order valence-electron chi connectivity index (χ0n) is 13.7. The smallest absolute Gasteiger partial charge is 0.314 e. The van der Waals surface area contributed by atoms with E-state index in [0.29, 0.717) is 11.0 Å². The maximum atomic E-state index is 11.8. The van der Waals surface area contributed by atoms with Crippen molar-refractivity contribution in [3.05, 3.63) is 115 Å². The van der Waals surface area contributed by atoms with Gasteiger partial charge in [0.1, 0.15) is 0 Å². The molecule has 0 atom stereocenters. The Bertz CT molecular complexity index is 1200. The van der Waals surface area contributed by atoms with E-state index in [1.54, 1.807) is 0 Å². The average Bonchev–Trinajstić information content (AvgIpc) is 2.67. The van der Waals surface area contributed by atoms with Gasteiger partial charge in [0.05, 0.1) is 11.0 Å². The first kappa shape index (κ1) is 13.8. The normalized spacial score (nSPS) is 19.1. The van der Waals surface area contributed by atoms with Crippen LogP contribution in [0, 0.1) is 0 Å². The van der Waals surface area contributed by atoms with Gasteiger partial charge >= 0.3 is 11.1 Å². The highest BCUT2D eigenvalue weighted by atomic mass is 16.2. The summed E-state index contributed by atoms with van der Waals surface area (Å²) in [5, 5.41) is 0. The molecule has 0 aliphatic heterocycles. The summed E-state index contributed by atoms with van der Waals surface area (Å²) in [5.41, 5.74) is 7.87. The molecule has 2 bridgehead atoms. The van der Waals surface area contributed by atoms with Crippen LogP contribution in [-0.4, -0.2) is 9.97 Å². The minimum absolute atomic E-state index is 0.155. The average molecular weight is 338 g/mol. The number of hydrogen-bond acceptors (Lipinski definition) is 2. The van der Waals surface area contributed by atoms with E-state index in [1.165, 1.54) is 33.4 Å². The third kappa shape index (κ3) is 1.59. The second-order valence-corrected chi connectivity index (χ2v) is 7.06. The van der Waals surface area contributed by atoms with Gasteiger partial charge in [0.25, 0.3) is 0 Å². The van der Waals surface area contributed by atoms with Crippen molar-refractivity contribution in [2.45, 2.75) is 11.8 Å². The molecule has 3 aliphatic carbocycles. The summed E-state index contributed by atoms with van der Waals surface area (Å²) in [4.78, 5) is 28.9. The van der Waals surface area contributed by atoms with Crippen molar-refractivity contribution in [3.63, 3.8) is 0 Å². The predicted octanol–water partition coefficient (Wildman–Crippen LogP) is 3.20. The van der Waals surface area contributed by atoms with Crippen molar-refractivity contribution in [1.82, 2.24) is 9.97 Å². The topological polar surface area (TPSA) is 65.7 Å². The summed E-state index contributed by atoms with van der Waals surface area (Å²) in [6.07, 6.45) is 0. The minimum atomic E-state index is -0.612. The first-order chi connectivity index (χ1) is 12.7. The van der Waals surface area contributed by atoms with Gasteiger partial charge in [0.2, 0.25) is 0 Å². The molecule has 1 aromatic heterocycles. The predicted molar refractivity (Wildman–Crippen MR) is 100.0 cm³/mol. The first-order valence-electron chi connectivity index (χ1n) is 8.70. The third-order valence-corrected chi connectivity index (χ3v) is 5.78. The number of aromatic amines is 2. The van der Waals surface area contributed by atoms with Gasteiger partial charge in [-0.25, -0.2) is 0 Å². The van der Waals surface area contributed by atoms with Gasteiger partial charge in [-0.2, -0.15) is 0 Å². The van der Waals surface area contributed by atoms with Crippen LogP contribution in [-0.2, 0) is 0 Å². The van der Waals surface area contributed by atoms with Crippen molar-refractivity contribution < 1.29 is 0 Å². The highest BCUT2D eigenvalue weighted by molar-refractivity contribution is 5.80. The van der Waals surface area contributed by atoms with Crippen LogP contribution in [0.25, 0.3) is 11.0 Å². The lowest BCUT2D eigenvalue weighted by molar-refractivity contribution is 0.755. The molecule has 3 aliphatic rings. The second-order valence-electron chi connectivity index (χ2n) is 7.06. The first-order valence-corrected chi connectivity index (χ1v) is 8.70. The van der Waals surface area contributed by atoms with Gasteiger partial charge < -0.3 is 9.97 Å². The Hall–Kier alpha value is -3.40. The summed E-state index contributed by atoms with van der Waals surface area (Å²) in [6.45, 7) is 0. The van der Waals surface area contributed by atoms with E-state index in [0.717, 1.165) is 0 Å². The fraction of sp³-hybridized carbons (Fsp3) is 0.0909. The summed E-state index contributed by atoms with van der Waals surface area (Å²) in [7, 11) is 0. The SMILES string of the molecule is O=c1[nH]c2cc3c(cc2[nH]c1=O)C1c2ccccc2C3c2ccccc21. The Balaban J connectivity index is 1.76. The summed E-state index contributed by atoms with van der Waals surface area (Å²) in [6, 6.07) is 21.2. The molecule has 7 rings (SSSR count). The second kappa shape index (κ2) is 4.61. The fourth-order valence-electron chi connectivity index (χ4n) is 4.78.